The van der Waals surface area contributed by atoms with Crippen LogP contribution in [0.3, 0.4) is 0 Å². The quantitative estimate of drug-likeness (QED) is 0.752. The third kappa shape index (κ3) is 1.87. The summed E-state index contributed by atoms with van der Waals surface area (Å²) in [6.07, 6.45) is 7.07. The van der Waals surface area contributed by atoms with Crippen molar-refractivity contribution in [2.24, 2.45) is 16.1 Å². The summed E-state index contributed by atoms with van der Waals surface area (Å²) in [7, 11) is 0. The number of hydrogen-bond acceptors (Lipinski definition) is 4. The molecular formula is C9H10N2O2S. The molecule has 0 aromatic rings. The third-order valence-electron chi connectivity index (χ3n) is 2.29. The Morgan fingerprint density at radius 1 is 1.50 bits per heavy atom. The topological polar surface area (TPSA) is 62.0 Å². The lowest BCUT2D eigenvalue weighted by Crippen LogP contribution is -2.18. The molecule has 2 atom stereocenters. The minimum atomic E-state index is -0.820. The molecule has 5 heteroatoms. The molecule has 0 amide bonds. The van der Waals surface area contributed by atoms with Crippen molar-refractivity contribution in [2.45, 2.75) is 18.1 Å². The van der Waals surface area contributed by atoms with E-state index in [0.717, 1.165) is 12.8 Å². The van der Waals surface area contributed by atoms with Crippen LogP contribution in [0.5, 0.6) is 0 Å². The van der Waals surface area contributed by atoms with Crippen molar-refractivity contribution in [3.8, 4) is 0 Å². The third-order valence-corrected chi connectivity index (χ3v) is 3.73. The molecule has 0 fully saturated rings. The van der Waals surface area contributed by atoms with Crippen molar-refractivity contribution in [1.82, 2.24) is 0 Å². The monoisotopic (exact) mass is 210 g/mol. The number of rotatable bonds is 2. The smallest absolute Gasteiger partial charge is 0.341 e. The highest BCUT2D eigenvalue weighted by molar-refractivity contribution is 8.04. The second-order valence-electron chi connectivity index (χ2n) is 3.23. The summed E-state index contributed by atoms with van der Waals surface area (Å²) in [5.41, 5.74) is 0. The zero-order chi connectivity index (χ0) is 9.97. The van der Waals surface area contributed by atoms with Gasteiger partial charge in [0.1, 0.15) is 0 Å². The molecule has 0 radical (unpaired) electrons. The number of hydrogen-bond donors (Lipinski definition) is 1. The lowest BCUT2D eigenvalue weighted by Gasteiger charge is -2.17. The molecular weight excluding hydrogens is 200 g/mol. The fourth-order valence-electron chi connectivity index (χ4n) is 1.53. The number of carboxylic acid groups (broad SMARTS) is 1. The number of carbonyl (C=O) groups is 1. The first-order chi connectivity index (χ1) is 6.77. The second kappa shape index (κ2) is 3.96. The Labute approximate surface area is 85.8 Å². The average Bonchev–Trinajstić information content (AvgIpc) is 2.68. The van der Waals surface area contributed by atoms with Gasteiger partial charge in [0.25, 0.3) is 0 Å². The minimum Gasteiger partial charge on any atom is -0.477 e. The van der Waals surface area contributed by atoms with E-state index >= 15 is 0 Å². The van der Waals surface area contributed by atoms with E-state index in [2.05, 4.69) is 10.2 Å². The predicted molar refractivity (Wildman–Crippen MR) is 56.8 cm³/mol. The van der Waals surface area contributed by atoms with E-state index in [0.29, 0.717) is 16.1 Å². The molecule has 0 saturated heterocycles. The van der Waals surface area contributed by atoms with Crippen LogP contribution in [0, 0.1) is 5.92 Å². The molecule has 0 saturated carbocycles. The fourth-order valence-corrected chi connectivity index (χ4v) is 2.70. The maximum absolute atomic E-state index is 10.7. The van der Waals surface area contributed by atoms with Gasteiger partial charge in [-0.2, -0.15) is 10.2 Å². The molecule has 0 aromatic carbocycles. The van der Waals surface area contributed by atoms with Crippen LogP contribution in [0.15, 0.2) is 21.2 Å². The molecule has 0 aliphatic carbocycles. The van der Waals surface area contributed by atoms with Crippen molar-refractivity contribution >= 4 is 30.2 Å². The molecule has 2 unspecified atom stereocenters. The summed E-state index contributed by atoms with van der Waals surface area (Å²) < 4.78 is 0. The highest BCUT2D eigenvalue weighted by Gasteiger charge is 2.28. The Morgan fingerprint density at radius 3 is 2.93 bits per heavy atom. The molecule has 0 bridgehead atoms. The maximum Gasteiger partial charge on any atom is 0.341 e. The summed E-state index contributed by atoms with van der Waals surface area (Å²) in [6, 6.07) is 0. The summed E-state index contributed by atoms with van der Waals surface area (Å²) in [5.74, 6) is -0.496. The number of carboxylic acids is 1. The zero-order valence-corrected chi connectivity index (χ0v) is 8.28. The minimum absolute atomic E-state index is 0.316. The number of nitrogens with zero attached hydrogens (tertiary/aromatic N) is 2. The highest BCUT2D eigenvalue weighted by Crippen LogP contribution is 2.37. The molecule has 74 valence electrons. The van der Waals surface area contributed by atoms with Gasteiger partial charge < -0.3 is 5.11 Å². The average molecular weight is 210 g/mol. The van der Waals surface area contributed by atoms with Crippen LogP contribution in [0.25, 0.3) is 0 Å². The van der Waals surface area contributed by atoms with E-state index in [9.17, 15) is 4.79 Å². The fraction of sp³-hybridized carbons (Fsp3) is 0.444. The van der Waals surface area contributed by atoms with Gasteiger partial charge in [-0.15, -0.1) is 11.8 Å². The molecule has 2 aliphatic rings. The molecule has 2 rings (SSSR count). The van der Waals surface area contributed by atoms with Crippen LogP contribution in [-0.4, -0.2) is 28.8 Å². The number of allylic oxidation sites excluding steroid dienone is 1. The van der Waals surface area contributed by atoms with E-state index in [1.807, 2.05) is 6.21 Å². The Morgan fingerprint density at radius 2 is 2.36 bits per heavy atom. The van der Waals surface area contributed by atoms with Gasteiger partial charge in [0, 0.05) is 23.6 Å². The van der Waals surface area contributed by atoms with Gasteiger partial charge >= 0.3 is 5.97 Å². The maximum atomic E-state index is 10.7. The summed E-state index contributed by atoms with van der Waals surface area (Å²) in [4.78, 5) is 11.1. The van der Waals surface area contributed by atoms with Gasteiger partial charge in [0.2, 0.25) is 0 Å². The Hall–Kier alpha value is -1.10. The van der Waals surface area contributed by atoms with Gasteiger partial charge in [-0.1, -0.05) is 6.08 Å². The molecule has 2 heterocycles. The Kier molecular flexibility index (Phi) is 2.67. The summed E-state index contributed by atoms with van der Waals surface area (Å²) in [5, 5.41) is 16.7. The summed E-state index contributed by atoms with van der Waals surface area (Å²) in [6.45, 7) is 0. The Bertz CT molecular complexity index is 336. The summed E-state index contributed by atoms with van der Waals surface area (Å²) >= 11 is 1.43. The molecule has 2 aliphatic heterocycles. The van der Waals surface area contributed by atoms with Crippen LogP contribution >= 0.6 is 11.8 Å². The normalized spacial score (nSPS) is 30.4. The van der Waals surface area contributed by atoms with Gasteiger partial charge in [0.05, 0.1) is 4.91 Å². The van der Waals surface area contributed by atoms with E-state index in [4.69, 9.17) is 5.11 Å². The van der Waals surface area contributed by atoms with E-state index in [1.165, 1.54) is 11.8 Å². The molecule has 14 heavy (non-hydrogen) atoms. The van der Waals surface area contributed by atoms with Gasteiger partial charge in [-0.3, -0.25) is 0 Å². The number of aliphatic carboxylic acids is 1. The van der Waals surface area contributed by atoms with E-state index in [1.54, 1.807) is 12.3 Å². The number of thioether (sulfide) groups is 1. The second-order valence-corrected chi connectivity index (χ2v) is 4.51. The standard InChI is InChI=1S/C9H10N2O2S/c12-9(13)8-2-1-7(14-8)6-3-4-10-11-5-6/h2,4-7H,1,3H2,(H,12,13). The first-order valence-electron chi connectivity index (χ1n) is 4.42. The van der Waals surface area contributed by atoms with Crippen molar-refractivity contribution in [1.29, 1.82) is 0 Å². The SMILES string of the molecule is O=C(O)C1=CCC(C2C=NN=CC2)S1. The van der Waals surface area contributed by atoms with Crippen LogP contribution in [0.2, 0.25) is 0 Å². The first kappa shape index (κ1) is 9.45. The molecule has 0 spiro atoms. The van der Waals surface area contributed by atoms with Crippen LogP contribution in [0.1, 0.15) is 12.8 Å². The van der Waals surface area contributed by atoms with Crippen LogP contribution in [0.4, 0.5) is 0 Å². The lowest BCUT2D eigenvalue weighted by molar-refractivity contribution is -0.131. The molecule has 0 aromatic heterocycles. The van der Waals surface area contributed by atoms with Crippen molar-refractivity contribution < 1.29 is 9.90 Å². The lowest BCUT2D eigenvalue weighted by atomic mass is 10.0. The van der Waals surface area contributed by atoms with Crippen LogP contribution in [-0.2, 0) is 4.79 Å². The Balaban J connectivity index is 1.95. The van der Waals surface area contributed by atoms with Crippen LogP contribution < -0.4 is 0 Å². The van der Waals surface area contributed by atoms with Crippen molar-refractivity contribution in [2.75, 3.05) is 0 Å². The molecule has 4 nitrogen and oxygen atoms in total. The van der Waals surface area contributed by atoms with Gasteiger partial charge in [0.15, 0.2) is 0 Å². The van der Waals surface area contributed by atoms with E-state index in [-0.39, 0.29) is 0 Å². The van der Waals surface area contributed by atoms with Crippen molar-refractivity contribution in [3.63, 3.8) is 0 Å². The molecule has 1 N–H and O–H groups in total. The van der Waals surface area contributed by atoms with Gasteiger partial charge in [-0.05, 0) is 12.8 Å². The highest BCUT2D eigenvalue weighted by atomic mass is 32.2. The predicted octanol–water partition coefficient (Wildman–Crippen LogP) is 1.54. The van der Waals surface area contributed by atoms with E-state index < -0.39 is 5.97 Å². The first-order valence-corrected chi connectivity index (χ1v) is 5.30. The van der Waals surface area contributed by atoms with Gasteiger partial charge in [-0.25, -0.2) is 4.79 Å². The van der Waals surface area contributed by atoms with Crippen molar-refractivity contribution in [3.05, 3.63) is 11.0 Å². The largest absolute Gasteiger partial charge is 0.477 e. The zero-order valence-electron chi connectivity index (χ0n) is 7.46.